The maximum atomic E-state index is 13.3. The zero-order valence-electron chi connectivity index (χ0n) is 20.5. The number of hydrogen-bond acceptors (Lipinski definition) is 7. The second-order valence-corrected chi connectivity index (χ2v) is 8.44. The van der Waals surface area contributed by atoms with Gasteiger partial charge >= 0.3 is 0 Å². The molecule has 1 aliphatic rings. The van der Waals surface area contributed by atoms with Gasteiger partial charge in [0.05, 0.1) is 32.9 Å². The van der Waals surface area contributed by atoms with E-state index < -0.39 is 17.7 Å². The van der Waals surface area contributed by atoms with Gasteiger partial charge < -0.3 is 29.1 Å². The summed E-state index contributed by atoms with van der Waals surface area (Å²) < 4.78 is 16.3. The van der Waals surface area contributed by atoms with Crippen LogP contribution in [-0.2, 0) is 9.59 Å². The number of benzene rings is 2. The Morgan fingerprint density at radius 3 is 2.26 bits per heavy atom. The monoisotopic (exact) mass is 468 g/mol. The molecule has 1 heterocycles. The Bertz CT molecular complexity index is 1110. The minimum atomic E-state index is -0.824. The fraction of sp³-hybridized carbons (Fsp3) is 0.385. The molecule has 8 heteroatoms. The summed E-state index contributed by atoms with van der Waals surface area (Å²) in [7, 11) is 8.53. The Labute approximate surface area is 200 Å². The van der Waals surface area contributed by atoms with Crippen LogP contribution in [0.4, 0.5) is 0 Å². The molecule has 3 rings (SSSR count). The Hall–Kier alpha value is -3.52. The first kappa shape index (κ1) is 25.1. The van der Waals surface area contributed by atoms with Crippen LogP contribution in [0, 0.1) is 6.92 Å². The second-order valence-electron chi connectivity index (χ2n) is 8.44. The van der Waals surface area contributed by atoms with Gasteiger partial charge in [-0.25, -0.2) is 0 Å². The summed E-state index contributed by atoms with van der Waals surface area (Å²) in [6, 6.07) is 9.50. The van der Waals surface area contributed by atoms with Crippen LogP contribution in [-0.4, -0.2) is 75.1 Å². The number of methoxy groups -OCH3 is 3. The number of aliphatic hydroxyl groups is 1. The molecule has 0 aromatic heterocycles. The van der Waals surface area contributed by atoms with E-state index in [1.54, 1.807) is 50.6 Å². The Morgan fingerprint density at radius 2 is 1.68 bits per heavy atom. The van der Waals surface area contributed by atoms with Gasteiger partial charge in [0.1, 0.15) is 23.0 Å². The molecule has 0 spiro atoms. The lowest BCUT2D eigenvalue weighted by molar-refractivity contribution is -0.140. The SMILES string of the molecule is COc1ccc(OC)c([C@@H]2C(=C(O)c3ccc(OC)c(C)c3)C(=O)C(=O)N2CCCN(C)C)c1. The Balaban J connectivity index is 2.20. The molecule has 1 fully saturated rings. The highest BCUT2D eigenvalue weighted by molar-refractivity contribution is 6.46. The van der Waals surface area contributed by atoms with Crippen LogP contribution in [0.1, 0.15) is 29.2 Å². The molecule has 2 aromatic carbocycles. The lowest BCUT2D eigenvalue weighted by Crippen LogP contribution is -2.32. The molecular weight excluding hydrogens is 436 g/mol. The zero-order chi connectivity index (χ0) is 25.0. The molecule has 0 bridgehead atoms. The van der Waals surface area contributed by atoms with Crippen molar-refractivity contribution in [2.24, 2.45) is 0 Å². The van der Waals surface area contributed by atoms with Crippen molar-refractivity contribution in [3.63, 3.8) is 0 Å². The summed E-state index contributed by atoms with van der Waals surface area (Å²) in [5.74, 6) is 0.0731. The molecule has 0 radical (unpaired) electrons. The first-order chi connectivity index (χ1) is 16.2. The third-order valence-corrected chi connectivity index (χ3v) is 5.94. The number of carbonyl (C=O) groups is 2. The molecule has 1 N–H and O–H groups in total. The third kappa shape index (κ3) is 4.87. The van der Waals surface area contributed by atoms with Gasteiger partial charge in [0.25, 0.3) is 11.7 Å². The van der Waals surface area contributed by atoms with E-state index in [1.165, 1.54) is 12.0 Å². The summed E-state index contributed by atoms with van der Waals surface area (Å²) in [5, 5.41) is 11.3. The topological polar surface area (TPSA) is 88.5 Å². The van der Waals surface area contributed by atoms with Crippen molar-refractivity contribution in [1.82, 2.24) is 9.80 Å². The van der Waals surface area contributed by atoms with Crippen LogP contribution in [0.15, 0.2) is 42.0 Å². The van der Waals surface area contributed by atoms with Crippen molar-refractivity contribution in [2.45, 2.75) is 19.4 Å². The third-order valence-electron chi connectivity index (χ3n) is 5.94. The van der Waals surface area contributed by atoms with E-state index in [9.17, 15) is 14.7 Å². The van der Waals surface area contributed by atoms with Gasteiger partial charge in [0.15, 0.2) is 0 Å². The number of amides is 1. The van der Waals surface area contributed by atoms with Crippen molar-refractivity contribution in [3.05, 3.63) is 58.7 Å². The zero-order valence-corrected chi connectivity index (χ0v) is 20.5. The minimum absolute atomic E-state index is 0.0194. The van der Waals surface area contributed by atoms with Crippen LogP contribution < -0.4 is 14.2 Å². The number of Topliss-reactive ketones (excluding diaryl/α,β-unsaturated/α-hetero) is 1. The standard InChI is InChI=1S/C26H32N2O6/c1-16-14-17(8-10-20(16)33-5)24(29)22-23(19-15-18(32-4)9-11-21(19)34-6)28(26(31)25(22)30)13-7-12-27(2)3/h8-11,14-15,23,29H,7,12-13H2,1-6H3/t23-/m1/s1. The number of carbonyl (C=O) groups excluding carboxylic acids is 2. The number of ether oxygens (including phenoxy) is 3. The predicted molar refractivity (Wildman–Crippen MR) is 129 cm³/mol. The normalized spacial score (nSPS) is 17.4. The largest absolute Gasteiger partial charge is 0.507 e. The molecule has 1 amide bonds. The van der Waals surface area contributed by atoms with E-state index in [-0.39, 0.29) is 11.3 Å². The fourth-order valence-corrected chi connectivity index (χ4v) is 4.23. The number of ketones is 1. The average molecular weight is 469 g/mol. The van der Waals surface area contributed by atoms with Crippen molar-refractivity contribution >= 4 is 17.4 Å². The molecule has 1 aliphatic heterocycles. The lowest BCUT2D eigenvalue weighted by atomic mass is 9.94. The van der Waals surface area contributed by atoms with Crippen LogP contribution >= 0.6 is 0 Å². The van der Waals surface area contributed by atoms with Crippen LogP contribution in [0.5, 0.6) is 17.2 Å². The predicted octanol–water partition coefficient (Wildman–Crippen LogP) is 3.39. The fourth-order valence-electron chi connectivity index (χ4n) is 4.23. The molecular formula is C26H32N2O6. The van der Waals surface area contributed by atoms with Gasteiger partial charge in [-0.1, -0.05) is 0 Å². The van der Waals surface area contributed by atoms with Gasteiger partial charge in [-0.2, -0.15) is 0 Å². The summed E-state index contributed by atoms with van der Waals surface area (Å²) in [4.78, 5) is 29.9. The van der Waals surface area contributed by atoms with Crippen molar-refractivity contribution in [2.75, 3.05) is 48.5 Å². The summed E-state index contributed by atoms with van der Waals surface area (Å²) in [5.41, 5.74) is 1.81. The summed E-state index contributed by atoms with van der Waals surface area (Å²) >= 11 is 0. The number of nitrogens with zero attached hydrogens (tertiary/aromatic N) is 2. The maximum Gasteiger partial charge on any atom is 0.295 e. The van der Waals surface area contributed by atoms with E-state index in [4.69, 9.17) is 14.2 Å². The van der Waals surface area contributed by atoms with Gasteiger partial charge in [0, 0.05) is 17.7 Å². The van der Waals surface area contributed by atoms with E-state index in [2.05, 4.69) is 0 Å². The maximum absolute atomic E-state index is 13.3. The van der Waals surface area contributed by atoms with Crippen molar-refractivity contribution in [1.29, 1.82) is 0 Å². The van der Waals surface area contributed by atoms with Crippen molar-refractivity contribution < 1.29 is 28.9 Å². The number of aryl methyl sites for hydroxylation is 1. The lowest BCUT2D eigenvalue weighted by Gasteiger charge is -2.27. The number of aliphatic hydroxyl groups excluding tert-OH is 1. The Kier molecular flexibility index (Phi) is 7.83. The highest BCUT2D eigenvalue weighted by Gasteiger charge is 2.47. The van der Waals surface area contributed by atoms with Gasteiger partial charge in [0.2, 0.25) is 0 Å². The smallest absolute Gasteiger partial charge is 0.295 e. The van der Waals surface area contributed by atoms with Crippen LogP contribution in [0.3, 0.4) is 0 Å². The molecule has 1 saturated heterocycles. The number of rotatable bonds is 9. The van der Waals surface area contributed by atoms with Crippen LogP contribution in [0.2, 0.25) is 0 Å². The molecule has 1 atom stereocenters. The highest BCUT2D eigenvalue weighted by atomic mass is 16.5. The highest BCUT2D eigenvalue weighted by Crippen LogP contribution is 2.44. The first-order valence-electron chi connectivity index (χ1n) is 11.0. The van der Waals surface area contributed by atoms with E-state index in [1.807, 2.05) is 25.9 Å². The summed E-state index contributed by atoms with van der Waals surface area (Å²) in [6.45, 7) is 2.92. The molecule has 0 unspecified atom stereocenters. The second kappa shape index (κ2) is 10.6. The van der Waals surface area contributed by atoms with Crippen molar-refractivity contribution in [3.8, 4) is 17.2 Å². The molecule has 0 saturated carbocycles. The quantitative estimate of drug-likeness (QED) is 0.343. The van der Waals surface area contributed by atoms with Gasteiger partial charge in [-0.05, 0) is 75.9 Å². The first-order valence-corrected chi connectivity index (χ1v) is 11.0. The van der Waals surface area contributed by atoms with Crippen LogP contribution in [0.25, 0.3) is 5.76 Å². The molecule has 34 heavy (non-hydrogen) atoms. The number of likely N-dealkylation sites (tertiary alicyclic amines) is 1. The molecule has 2 aromatic rings. The van der Waals surface area contributed by atoms with E-state index in [0.29, 0.717) is 41.3 Å². The minimum Gasteiger partial charge on any atom is -0.507 e. The molecule has 8 nitrogen and oxygen atoms in total. The number of hydrogen-bond donors (Lipinski definition) is 1. The average Bonchev–Trinajstić information content (AvgIpc) is 3.07. The van der Waals surface area contributed by atoms with E-state index in [0.717, 1.165) is 12.1 Å². The Morgan fingerprint density at radius 1 is 1.00 bits per heavy atom. The summed E-state index contributed by atoms with van der Waals surface area (Å²) in [6.07, 6.45) is 0.657. The van der Waals surface area contributed by atoms with Gasteiger partial charge in [-0.15, -0.1) is 0 Å². The molecule has 0 aliphatic carbocycles. The van der Waals surface area contributed by atoms with E-state index >= 15 is 0 Å². The molecule has 182 valence electrons. The van der Waals surface area contributed by atoms with Gasteiger partial charge in [-0.3, -0.25) is 9.59 Å².